The minimum atomic E-state index is -0.0596. The van der Waals surface area contributed by atoms with Gasteiger partial charge >= 0.3 is 0 Å². The van der Waals surface area contributed by atoms with Crippen LogP contribution in [-0.4, -0.2) is 38.9 Å². The Balaban J connectivity index is 1.38. The van der Waals surface area contributed by atoms with Crippen LogP contribution in [0.3, 0.4) is 0 Å². The lowest BCUT2D eigenvalue weighted by Crippen LogP contribution is -2.38. The van der Waals surface area contributed by atoms with Gasteiger partial charge in [-0.15, -0.1) is 5.10 Å². The van der Waals surface area contributed by atoms with E-state index in [1.807, 2.05) is 30.3 Å². The summed E-state index contributed by atoms with van der Waals surface area (Å²) < 4.78 is 1.65. The summed E-state index contributed by atoms with van der Waals surface area (Å²) in [6, 6.07) is 16.1. The molecular weight excluding hydrogens is 362 g/mol. The molecule has 0 bridgehead atoms. The van der Waals surface area contributed by atoms with Gasteiger partial charge in [-0.3, -0.25) is 9.69 Å². The molecule has 0 radical (unpaired) electrons. The Bertz CT molecular complexity index is 972. The summed E-state index contributed by atoms with van der Waals surface area (Å²) in [5.74, 6) is 1.42. The lowest BCUT2D eigenvalue weighted by molar-refractivity contribution is -0.121. The summed E-state index contributed by atoms with van der Waals surface area (Å²) in [7, 11) is 0. The SMILES string of the molecule is C[C@@H]1C[C@@H](C)CN(Cc2ccccc2CNC(=O)Cn2nnc3ccccc32)C1. The lowest BCUT2D eigenvalue weighted by atomic mass is 9.91. The van der Waals surface area contributed by atoms with E-state index in [0.29, 0.717) is 6.54 Å². The van der Waals surface area contributed by atoms with Gasteiger partial charge in [0, 0.05) is 26.2 Å². The number of carbonyl (C=O) groups is 1. The number of hydrogen-bond acceptors (Lipinski definition) is 4. The van der Waals surface area contributed by atoms with Gasteiger partial charge < -0.3 is 5.32 Å². The van der Waals surface area contributed by atoms with E-state index in [1.165, 1.54) is 17.5 Å². The number of nitrogens with zero attached hydrogens (tertiary/aromatic N) is 4. The molecule has 4 rings (SSSR count). The fraction of sp³-hybridized carbons (Fsp3) is 0.435. The summed E-state index contributed by atoms with van der Waals surface area (Å²) in [6.45, 7) is 8.60. The molecule has 0 unspecified atom stereocenters. The molecular formula is C23H29N5O. The number of benzene rings is 2. The molecule has 0 saturated carbocycles. The van der Waals surface area contributed by atoms with Crippen LogP contribution in [0.1, 0.15) is 31.4 Å². The predicted octanol–water partition coefficient (Wildman–Crippen LogP) is 3.23. The first-order chi connectivity index (χ1) is 14.1. The maximum absolute atomic E-state index is 12.5. The minimum absolute atomic E-state index is 0.0596. The number of rotatable bonds is 6. The normalized spacial score (nSPS) is 20.1. The van der Waals surface area contributed by atoms with Gasteiger partial charge in [0.15, 0.2) is 0 Å². The molecule has 152 valence electrons. The highest BCUT2D eigenvalue weighted by atomic mass is 16.2. The molecule has 1 aliphatic rings. The van der Waals surface area contributed by atoms with Crippen molar-refractivity contribution in [3.63, 3.8) is 0 Å². The number of likely N-dealkylation sites (tertiary alicyclic amines) is 1. The first-order valence-corrected chi connectivity index (χ1v) is 10.4. The molecule has 0 aliphatic carbocycles. The summed E-state index contributed by atoms with van der Waals surface area (Å²) in [5.41, 5.74) is 4.14. The van der Waals surface area contributed by atoms with E-state index < -0.39 is 0 Å². The quantitative estimate of drug-likeness (QED) is 0.701. The first kappa shape index (κ1) is 19.6. The Kier molecular flexibility index (Phi) is 5.90. The highest BCUT2D eigenvalue weighted by Crippen LogP contribution is 2.23. The number of aromatic nitrogens is 3. The summed E-state index contributed by atoms with van der Waals surface area (Å²) in [4.78, 5) is 15.0. The fourth-order valence-electron chi connectivity index (χ4n) is 4.47. The fourth-order valence-corrected chi connectivity index (χ4v) is 4.47. The molecule has 2 atom stereocenters. The predicted molar refractivity (Wildman–Crippen MR) is 114 cm³/mol. The van der Waals surface area contributed by atoms with Crippen LogP contribution in [-0.2, 0) is 24.4 Å². The van der Waals surface area contributed by atoms with Crippen LogP contribution < -0.4 is 5.32 Å². The molecule has 1 aromatic heterocycles. The molecule has 6 nitrogen and oxygen atoms in total. The van der Waals surface area contributed by atoms with Gasteiger partial charge in [0.1, 0.15) is 12.1 Å². The molecule has 1 saturated heterocycles. The average molecular weight is 392 g/mol. The summed E-state index contributed by atoms with van der Waals surface area (Å²) >= 11 is 0. The number of para-hydroxylation sites is 1. The maximum Gasteiger partial charge on any atom is 0.242 e. The number of piperidine rings is 1. The van der Waals surface area contributed by atoms with Crippen molar-refractivity contribution in [2.75, 3.05) is 13.1 Å². The molecule has 0 spiro atoms. The van der Waals surface area contributed by atoms with E-state index in [0.717, 1.165) is 42.5 Å². The van der Waals surface area contributed by atoms with E-state index in [9.17, 15) is 4.79 Å². The van der Waals surface area contributed by atoms with Crippen molar-refractivity contribution in [3.05, 3.63) is 59.7 Å². The molecule has 6 heteroatoms. The van der Waals surface area contributed by atoms with Gasteiger partial charge in [-0.2, -0.15) is 0 Å². The smallest absolute Gasteiger partial charge is 0.242 e. The Labute approximate surface area is 171 Å². The van der Waals surface area contributed by atoms with Crippen LogP contribution in [0.2, 0.25) is 0 Å². The van der Waals surface area contributed by atoms with Gasteiger partial charge in [0.2, 0.25) is 5.91 Å². The topological polar surface area (TPSA) is 63.1 Å². The molecule has 29 heavy (non-hydrogen) atoms. The Hall–Kier alpha value is -2.73. The number of carbonyl (C=O) groups excluding carboxylic acids is 1. The molecule has 3 aromatic rings. The Morgan fingerprint density at radius 2 is 1.72 bits per heavy atom. The van der Waals surface area contributed by atoms with E-state index in [4.69, 9.17) is 0 Å². The van der Waals surface area contributed by atoms with Crippen LogP contribution in [0, 0.1) is 11.8 Å². The van der Waals surface area contributed by atoms with Crippen LogP contribution in [0.15, 0.2) is 48.5 Å². The third-order valence-electron chi connectivity index (χ3n) is 5.65. The van der Waals surface area contributed by atoms with Crippen molar-refractivity contribution in [1.82, 2.24) is 25.2 Å². The highest BCUT2D eigenvalue weighted by Gasteiger charge is 2.22. The van der Waals surface area contributed by atoms with Crippen molar-refractivity contribution < 1.29 is 4.79 Å². The lowest BCUT2D eigenvalue weighted by Gasteiger charge is -2.35. The van der Waals surface area contributed by atoms with Crippen LogP contribution in [0.25, 0.3) is 11.0 Å². The third-order valence-corrected chi connectivity index (χ3v) is 5.65. The molecule has 2 aromatic carbocycles. The van der Waals surface area contributed by atoms with Gasteiger partial charge in [-0.05, 0) is 41.5 Å². The van der Waals surface area contributed by atoms with Crippen molar-refractivity contribution in [1.29, 1.82) is 0 Å². The maximum atomic E-state index is 12.5. The van der Waals surface area contributed by atoms with Gasteiger partial charge in [0.05, 0.1) is 5.52 Å². The van der Waals surface area contributed by atoms with Crippen LogP contribution in [0.5, 0.6) is 0 Å². The molecule has 2 heterocycles. The van der Waals surface area contributed by atoms with Gasteiger partial charge in [-0.25, -0.2) is 4.68 Å². The third kappa shape index (κ3) is 4.82. The largest absolute Gasteiger partial charge is 0.350 e. The zero-order valence-electron chi connectivity index (χ0n) is 17.2. The van der Waals surface area contributed by atoms with E-state index in [1.54, 1.807) is 4.68 Å². The van der Waals surface area contributed by atoms with Crippen molar-refractivity contribution in [2.24, 2.45) is 11.8 Å². The monoisotopic (exact) mass is 391 g/mol. The number of fused-ring (bicyclic) bond motifs is 1. The Morgan fingerprint density at radius 1 is 1.03 bits per heavy atom. The van der Waals surface area contributed by atoms with Crippen molar-refractivity contribution in [2.45, 2.75) is 39.9 Å². The molecule has 1 amide bonds. The van der Waals surface area contributed by atoms with Crippen LogP contribution >= 0.6 is 0 Å². The number of nitrogens with one attached hydrogen (secondary N) is 1. The van der Waals surface area contributed by atoms with Gasteiger partial charge in [-0.1, -0.05) is 55.5 Å². The molecule has 1 aliphatic heterocycles. The van der Waals surface area contributed by atoms with Crippen LogP contribution in [0.4, 0.5) is 0 Å². The van der Waals surface area contributed by atoms with E-state index in [2.05, 4.69) is 52.6 Å². The van der Waals surface area contributed by atoms with Gasteiger partial charge in [0.25, 0.3) is 0 Å². The second kappa shape index (κ2) is 8.74. The van der Waals surface area contributed by atoms with Crippen molar-refractivity contribution in [3.8, 4) is 0 Å². The highest BCUT2D eigenvalue weighted by molar-refractivity contribution is 5.79. The first-order valence-electron chi connectivity index (χ1n) is 10.4. The standard InChI is InChI=1S/C23H29N5O/c1-17-11-18(2)14-27(13-17)15-20-8-4-3-7-19(20)12-24-23(29)16-28-22-10-6-5-9-21(22)25-26-28/h3-10,17-18H,11-16H2,1-2H3,(H,24,29)/t17-,18-/m1/s1. The molecule has 1 N–H and O–H groups in total. The second-order valence-electron chi connectivity index (χ2n) is 8.42. The summed E-state index contributed by atoms with van der Waals surface area (Å²) in [5, 5.41) is 11.3. The average Bonchev–Trinajstić information content (AvgIpc) is 3.09. The number of amides is 1. The summed E-state index contributed by atoms with van der Waals surface area (Å²) in [6.07, 6.45) is 1.31. The second-order valence-corrected chi connectivity index (χ2v) is 8.42. The zero-order valence-corrected chi connectivity index (χ0v) is 17.2. The Morgan fingerprint density at radius 3 is 2.52 bits per heavy atom. The minimum Gasteiger partial charge on any atom is -0.350 e. The zero-order chi connectivity index (χ0) is 20.2. The van der Waals surface area contributed by atoms with Crippen molar-refractivity contribution >= 4 is 16.9 Å². The molecule has 1 fully saturated rings. The number of hydrogen-bond donors (Lipinski definition) is 1. The van der Waals surface area contributed by atoms with E-state index in [-0.39, 0.29) is 12.5 Å². The van der Waals surface area contributed by atoms with E-state index >= 15 is 0 Å².